The number of carbonyl (C=O) groups is 1. The Labute approximate surface area is 151 Å². The van der Waals surface area contributed by atoms with Crippen molar-refractivity contribution in [2.45, 2.75) is 52.6 Å². The number of ketones is 1. The summed E-state index contributed by atoms with van der Waals surface area (Å²) in [5.74, 6) is 0.735. The van der Waals surface area contributed by atoms with E-state index in [0.717, 1.165) is 28.7 Å². The van der Waals surface area contributed by atoms with Crippen LogP contribution in [0.1, 0.15) is 51.7 Å². The Bertz CT molecular complexity index is 704. The van der Waals surface area contributed by atoms with Crippen molar-refractivity contribution in [1.82, 2.24) is 4.98 Å². The SMILES string of the molecule is CC[C@H](C)CC(=O)C(C)(C)c1ccc(-c2cncc(COC)c2)cc1. The summed E-state index contributed by atoms with van der Waals surface area (Å²) >= 11 is 0. The van der Waals surface area contributed by atoms with E-state index in [1.807, 2.05) is 26.2 Å². The molecule has 0 bridgehead atoms. The molecule has 1 aromatic heterocycles. The highest BCUT2D eigenvalue weighted by molar-refractivity contribution is 5.89. The van der Waals surface area contributed by atoms with Crippen LogP contribution < -0.4 is 0 Å². The third-order valence-corrected chi connectivity index (χ3v) is 4.97. The predicted molar refractivity (Wildman–Crippen MR) is 102 cm³/mol. The molecule has 3 heteroatoms. The lowest BCUT2D eigenvalue weighted by Gasteiger charge is -2.25. The molecular weight excluding hydrogens is 310 g/mol. The monoisotopic (exact) mass is 339 g/mol. The number of rotatable bonds is 8. The lowest BCUT2D eigenvalue weighted by atomic mass is 9.77. The second-order valence-electron chi connectivity index (χ2n) is 7.36. The molecule has 1 atom stereocenters. The number of aromatic nitrogens is 1. The van der Waals surface area contributed by atoms with Gasteiger partial charge in [-0.15, -0.1) is 0 Å². The molecule has 0 N–H and O–H groups in total. The van der Waals surface area contributed by atoms with Crippen molar-refractivity contribution in [2.75, 3.05) is 7.11 Å². The van der Waals surface area contributed by atoms with Crippen molar-refractivity contribution in [3.63, 3.8) is 0 Å². The van der Waals surface area contributed by atoms with Crippen LogP contribution >= 0.6 is 0 Å². The summed E-state index contributed by atoms with van der Waals surface area (Å²) in [4.78, 5) is 17.0. The van der Waals surface area contributed by atoms with E-state index in [-0.39, 0.29) is 0 Å². The number of pyridine rings is 1. The first kappa shape index (κ1) is 19.3. The van der Waals surface area contributed by atoms with E-state index in [1.165, 1.54) is 0 Å². The Morgan fingerprint density at radius 2 is 1.84 bits per heavy atom. The molecule has 0 spiro atoms. The predicted octanol–water partition coefficient (Wildman–Crippen LogP) is 5.18. The average molecular weight is 339 g/mol. The van der Waals surface area contributed by atoms with E-state index in [4.69, 9.17) is 4.74 Å². The first-order valence-electron chi connectivity index (χ1n) is 8.95. The lowest BCUT2D eigenvalue weighted by molar-refractivity contribution is -0.124. The molecular formula is C22H29NO2. The van der Waals surface area contributed by atoms with Gasteiger partial charge in [0.2, 0.25) is 0 Å². The minimum Gasteiger partial charge on any atom is -0.380 e. The van der Waals surface area contributed by atoms with Gasteiger partial charge in [-0.2, -0.15) is 0 Å². The summed E-state index contributed by atoms with van der Waals surface area (Å²) in [5, 5.41) is 0. The Kier molecular flexibility index (Phi) is 6.49. The molecule has 0 aliphatic carbocycles. The smallest absolute Gasteiger partial charge is 0.143 e. The van der Waals surface area contributed by atoms with Gasteiger partial charge in [-0.05, 0) is 42.5 Å². The Morgan fingerprint density at radius 3 is 2.44 bits per heavy atom. The standard InChI is InChI=1S/C22H29NO2/c1-6-16(2)11-21(24)22(3,4)20-9-7-18(8-10-20)19-12-17(15-25-5)13-23-14-19/h7-10,12-14,16H,6,11,15H2,1-5H3/t16-/m0/s1. The van der Waals surface area contributed by atoms with Gasteiger partial charge >= 0.3 is 0 Å². The topological polar surface area (TPSA) is 39.2 Å². The zero-order chi connectivity index (χ0) is 18.4. The van der Waals surface area contributed by atoms with Crippen LogP contribution in [-0.2, 0) is 21.6 Å². The van der Waals surface area contributed by atoms with Crippen molar-refractivity contribution >= 4 is 5.78 Å². The highest BCUT2D eigenvalue weighted by Gasteiger charge is 2.30. The van der Waals surface area contributed by atoms with Crippen molar-refractivity contribution < 1.29 is 9.53 Å². The van der Waals surface area contributed by atoms with Crippen LogP contribution in [0, 0.1) is 5.92 Å². The van der Waals surface area contributed by atoms with Crippen molar-refractivity contribution in [2.24, 2.45) is 5.92 Å². The number of Topliss-reactive ketones (excluding diaryl/α,β-unsaturated/α-hetero) is 1. The number of carbonyl (C=O) groups excluding carboxylic acids is 1. The molecule has 3 nitrogen and oxygen atoms in total. The van der Waals surface area contributed by atoms with Gasteiger partial charge < -0.3 is 4.74 Å². The number of nitrogens with zero attached hydrogens (tertiary/aromatic N) is 1. The van der Waals surface area contributed by atoms with Crippen LogP contribution in [0.4, 0.5) is 0 Å². The molecule has 0 fully saturated rings. The molecule has 0 aliphatic heterocycles. The number of hydrogen-bond acceptors (Lipinski definition) is 3. The summed E-state index contributed by atoms with van der Waals surface area (Å²) in [6.07, 6.45) is 5.34. The van der Waals surface area contributed by atoms with E-state index in [0.29, 0.717) is 24.7 Å². The molecule has 0 aliphatic rings. The zero-order valence-electron chi connectivity index (χ0n) is 16.0. The summed E-state index contributed by atoms with van der Waals surface area (Å²) in [5.41, 5.74) is 3.81. The van der Waals surface area contributed by atoms with Gasteiger partial charge in [0, 0.05) is 36.9 Å². The van der Waals surface area contributed by atoms with Gasteiger partial charge in [-0.1, -0.05) is 44.5 Å². The highest BCUT2D eigenvalue weighted by atomic mass is 16.5. The minimum atomic E-state index is -0.460. The van der Waals surface area contributed by atoms with E-state index < -0.39 is 5.41 Å². The normalized spacial score (nSPS) is 12.8. The van der Waals surface area contributed by atoms with Gasteiger partial charge in [0.15, 0.2) is 0 Å². The summed E-state index contributed by atoms with van der Waals surface area (Å²) in [6, 6.07) is 10.4. The fourth-order valence-electron chi connectivity index (χ4n) is 2.85. The summed E-state index contributed by atoms with van der Waals surface area (Å²) < 4.78 is 5.17. The van der Waals surface area contributed by atoms with E-state index in [2.05, 4.69) is 49.2 Å². The maximum Gasteiger partial charge on any atom is 0.143 e. The highest BCUT2D eigenvalue weighted by Crippen LogP contribution is 2.30. The van der Waals surface area contributed by atoms with Crippen LogP contribution in [-0.4, -0.2) is 17.9 Å². The molecule has 1 heterocycles. The zero-order valence-corrected chi connectivity index (χ0v) is 16.0. The van der Waals surface area contributed by atoms with Crippen molar-refractivity contribution in [1.29, 1.82) is 0 Å². The molecule has 2 aromatic rings. The number of hydrogen-bond donors (Lipinski definition) is 0. The molecule has 1 aromatic carbocycles. The molecule has 2 rings (SSSR count). The van der Waals surface area contributed by atoms with E-state index in [1.54, 1.807) is 7.11 Å². The maximum atomic E-state index is 12.7. The van der Waals surface area contributed by atoms with Gasteiger partial charge in [0.25, 0.3) is 0 Å². The van der Waals surface area contributed by atoms with E-state index in [9.17, 15) is 4.79 Å². The second kappa shape index (κ2) is 8.39. The first-order chi connectivity index (χ1) is 11.9. The molecule has 0 saturated heterocycles. The first-order valence-corrected chi connectivity index (χ1v) is 8.95. The van der Waals surface area contributed by atoms with Gasteiger partial charge in [0.1, 0.15) is 5.78 Å². The van der Waals surface area contributed by atoms with Gasteiger partial charge in [-0.3, -0.25) is 9.78 Å². The quantitative estimate of drug-likeness (QED) is 0.665. The Hall–Kier alpha value is -2.00. The molecule has 0 amide bonds. The fraction of sp³-hybridized carbons (Fsp3) is 0.455. The van der Waals surface area contributed by atoms with Crippen LogP contribution in [0.15, 0.2) is 42.7 Å². The molecule has 0 radical (unpaired) electrons. The summed E-state index contributed by atoms with van der Waals surface area (Å²) in [7, 11) is 1.68. The minimum absolute atomic E-state index is 0.304. The number of benzene rings is 1. The third-order valence-electron chi connectivity index (χ3n) is 4.97. The lowest BCUT2D eigenvalue weighted by Crippen LogP contribution is -2.30. The Balaban J connectivity index is 2.21. The number of ether oxygens (including phenoxy) is 1. The Morgan fingerprint density at radius 1 is 1.16 bits per heavy atom. The van der Waals surface area contributed by atoms with E-state index >= 15 is 0 Å². The number of methoxy groups -OCH3 is 1. The largest absolute Gasteiger partial charge is 0.380 e. The second-order valence-corrected chi connectivity index (χ2v) is 7.36. The molecule has 0 unspecified atom stereocenters. The van der Waals surface area contributed by atoms with Gasteiger partial charge in [0.05, 0.1) is 6.61 Å². The molecule has 25 heavy (non-hydrogen) atoms. The average Bonchev–Trinajstić information content (AvgIpc) is 2.62. The van der Waals surface area contributed by atoms with Crippen LogP contribution in [0.5, 0.6) is 0 Å². The van der Waals surface area contributed by atoms with Crippen molar-refractivity contribution in [3.8, 4) is 11.1 Å². The van der Waals surface area contributed by atoms with Crippen LogP contribution in [0.3, 0.4) is 0 Å². The third kappa shape index (κ3) is 4.76. The summed E-state index contributed by atoms with van der Waals surface area (Å²) in [6.45, 7) is 8.86. The van der Waals surface area contributed by atoms with Crippen LogP contribution in [0.25, 0.3) is 11.1 Å². The van der Waals surface area contributed by atoms with Gasteiger partial charge in [-0.25, -0.2) is 0 Å². The van der Waals surface area contributed by atoms with Crippen LogP contribution in [0.2, 0.25) is 0 Å². The molecule has 134 valence electrons. The maximum absolute atomic E-state index is 12.7. The van der Waals surface area contributed by atoms with Crippen molar-refractivity contribution in [3.05, 3.63) is 53.9 Å². The molecule has 0 saturated carbocycles. The fourth-order valence-corrected chi connectivity index (χ4v) is 2.85.